The fourth-order valence-electron chi connectivity index (χ4n) is 10.6. The van der Waals surface area contributed by atoms with Crippen LogP contribution in [0.2, 0.25) is 0 Å². The van der Waals surface area contributed by atoms with Gasteiger partial charge in [0.25, 0.3) is 0 Å². The first-order chi connectivity index (χ1) is 34.2. The average molecular weight is 904 g/mol. The molecular weight excluding hydrogens is 851 g/mol. The third-order valence-corrected chi connectivity index (χ3v) is 13.4. The van der Waals surface area contributed by atoms with Crippen LogP contribution in [-0.4, -0.2) is 15.0 Å². The normalized spacial score (nSPS) is 11.3. The summed E-state index contributed by atoms with van der Waals surface area (Å²) >= 11 is 0. The molecule has 11 rings (SSSR count). The van der Waals surface area contributed by atoms with Gasteiger partial charge in [-0.25, -0.2) is 4.98 Å². The van der Waals surface area contributed by atoms with Gasteiger partial charge in [-0.3, -0.25) is 4.90 Å². The quantitative estimate of drug-likeness (QED) is 0.137. The number of anilines is 6. The second-order valence-corrected chi connectivity index (χ2v) is 18.5. The van der Waals surface area contributed by atoms with Gasteiger partial charge in [-0.1, -0.05) is 187 Å². The highest BCUT2D eigenvalue weighted by atomic mass is 15.3. The van der Waals surface area contributed by atoms with Crippen molar-refractivity contribution in [3.63, 3.8) is 0 Å². The molecule has 1 aromatic heterocycles. The van der Waals surface area contributed by atoms with Gasteiger partial charge in [0, 0.05) is 33.6 Å². The predicted molar refractivity (Wildman–Crippen MR) is 294 cm³/mol. The Morgan fingerprint density at radius 3 is 1.27 bits per heavy atom. The zero-order valence-electron chi connectivity index (χ0n) is 40.4. The lowest BCUT2D eigenvalue weighted by molar-refractivity contribution is 1.02. The van der Waals surface area contributed by atoms with E-state index in [1.54, 1.807) is 0 Å². The van der Waals surface area contributed by atoms with E-state index in [0.717, 1.165) is 72.0 Å². The summed E-state index contributed by atoms with van der Waals surface area (Å²) in [6.07, 6.45) is 0. The van der Waals surface area contributed by atoms with Crippen molar-refractivity contribution >= 4 is 55.9 Å². The van der Waals surface area contributed by atoms with E-state index in [4.69, 9.17) is 15.0 Å². The van der Waals surface area contributed by atoms with E-state index in [1.165, 1.54) is 44.8 Å². The monoisotopic (exact) mass is 903 g/mol. The zero-order chi connectivity index (χ0) is 47.9. The first kappa shape index (κ1) is 43.9. The number of benzene rings is 10. The van der Waals surface area contributed by atoms with Crippen LogP contribution in [0.15, 0.2) is 212 Å². The minimum Gasteiger partial charge on any atom is -0.309 e. The lowest BCUT2D eigenvalue weighted by Gasteiger charge is -2.32. The average Bonchev–Trinajstić information content (AvgIpc) is 3.38. The number of aromatic nitrogens is 3. The zero-order valence-corrected chi connectivity index (χ0v) is 40.4. The van der Waals surface area contributed by atoms with Crippen molar-refractivity contribution in [1.82, 2.24) is 15.0 Å². The standard InChI is InChI=1S/C65H53N5/c1-42-38-44(3)61(45(4)39-42)70(62-46(5)40-43(2)41-47(62)6)54-34-32-53(33-35-54)69(58-37-31-49-21-17-19-29-56(49)60(58)51-24-12-8-13-25-51)65-67-63(52-26-14-9-15-27-52)66-64(68-65)57-36-30-48-20-16-18-28-55(48)59(57)50-22-10-7-11-23-50/h7-41H,1-6H3. The first-order valence-electron chi connectivity index (χ1n) is 24.0. The van der Waals surface area contributed by atoms with Crippen molar-refractivity contribution in [2.45, 2.75) is 41.5 Å². The summed E-state index contributed by atoms with van der Waals surface area (Å²) in [5.41, 5.74) is 18.8. The molecule has 5 heteroatoms. The molecule has 11 aromatic rings. The van der Waals surface area contributed by atoms with Crippen LogP contribution in [0.4, 0.5) is 34.4 Å². The van der Waals surface area contributed by atoms with E-state index in [1.807, 2.05) is 18.2 Å². The Balaban J connectivity index is 1.20. The minimum atomic E-state index is 0.503. The molecule has 0 amide bonds. The van der Waals surface area contributed by atoms with Gasteiger partial charge >= 0.3 is 0 Å². The third kappa shape index (κ3) is 8.16. The summed E-state index contributed by atoms with van der Waals surface area (Å²) in [5, 5.41) is 4.56. The Labute approximate surface area is 411 Å². The molecule has 0 spiro atoms. The summed E-state index contributed by atoms with van der Waals surface area (Å²) in [5.74, 6) is 1.67. The minimum absolute atomic E-state index is 0.503. The Bertz CT molecular complexity index is 3610. The van der Waals surface area contributed by atoms with E-state index in [9.17, 15) is 0 Å². The molecule has 0 unspecified atom stereocenters. The van der Waals surface area contributed by atoms with Crippen LogP contribution in [0.1, 0.15) is 33.4 Å². The fraction of sp³-hybridized carbons (Fsp3) is 0.0923. The molecule has 0 bridgehead atoms. The van der Waals surface area contributed by atoms with Gasteiger partial charge in [0.2, 0.25) is 5.95 Å². The van der Waals surface area contributed by atoms with Gasteiger partial charge in [0.05, 0.1) is 17.1 Å². The van der Waals surface area contributed by atoms with Crippen LogP contribution in [0, 0.1) is 41.5 Å². The van der Waals surface area contributed by atoms with E-state index in [0.29, 0.717) is 17.6 Å². The third-order valence-electron chi connectivity index (χ3n) is 13.4. The maximum Gasteiger partial charge on any atom is 0.238 e. The summed E-state index contributed by atoms with van der Waals surface area (Å²) in [6, 6.07) is 75.6. The van der Waals surface area contributed by atoms with Gasteiger partial charge in [-0.05, 0) is 133 Å². The van der Waals surface area contributed by atoms with Crippen LogP contribution < -0.4 is 9.80 Å². The highest BCUT2D eigenvalue weighted by molar-refractivity contribution is 6.06. The number of rotatable bonds is 10. The second kappa shape index (κ2) is 18.4. The van der Waals surface area contributed by atoms with E-state index < -0.39 is 0 Å². The van der Waals surface area contributed by atoms with Crippen LogP contribution in [0.25, 0.3) is 66.6 Å². The smallest absolute Gasteiger partial charge is 0.238 e. The molecule has 0 aliphatic rings. The number of hydrogen-bond donors (Lipinski definition) is 0. The number of fused-ring (bicyclic) bond motifs is 2. The maximum absolute atomic E-state index is 5.60. The molecule has 0 aliphatic carbocycles. The first-order valence-corrected chi connectivity index (χ1v) is 24.0. The van der Waals surface area contributed by atoms with Crippen LogP contribution in [0.3, 0.4) is 0 Å². The highest BCUT2D eigenvalue weighted by Gasteiger charge is 2.27. The number of nitrogens with zero attached hydrogens (tertiary/aromatic N) is 5. The topological polar surface area (TPSA) is 45.2 Å². The van der Waals surface area contributed by atoms with Crippen molar-refractivity contribution in [2.75, 3.05) is 9.80 Å². The predicted octanol–water partition coefficient (Wildman–Crippen LogP) is 17.6. The maximum atomic E-state index is 5.60. The molecule has 0 saturated carbocycles. The SMILES string of the molecule is Cc1cc(C)c(N(c2ccc(N(c3nc(-c4ccccc4)nc(-c4ccc5ccccc5c4-c4ccccc4)n3)c3ccc4ccccc4c3-c3ccccc3)cc2)c2c(C)cc(C)cc2C)c(C)c1. The Morgan fingerprint density at radius 1 is 0.329 bits per heavy atom. The molecule has 0 aliphatic heterocycles. The Hall–Kier alpha value is -8.67. The molecule has 5 nitrogen and oxygen atoms in total. The molecule has 0 atom stereocenters. The molecule has 1 heterocycles. The Kier molecular flexibility index (Phi) is 11.6. The lowest BCUT2D eigenvalue weighted by Crippen LogP contribution is -2.18. The van der Waals surface area contributed by atoms with Gasteiger partial charge in [-0.2, -0.15) is 9.97 Å². The Morgan fingerprint density at radius 2 is 0.743 bits per heavy atom. The second-order valence-electron chi connectivity index (χ2n) is 18.5. The van der Waals surface area contributed by atoms with Crippen LogP contribution in [0.5, 0.6) is 0 Å². The van der Waals surface area contributed by atoms with Gasteiger partial charge in [0.15, 0.2) is 11.6 Å². The van der Waals surface area contributed by atoms with Crippen LogP contribution in [-0.2, 0) is 0 Å². The van der Waals surface area contributed by atoms with Gasteiger partial charge in [0.1, 0.15) is 0 Å². The molecular formula is C65H53N5. The molecule has 0 fully saturated rings. The fourth-order valence-corrected chi connectivity index (χ4v) is 10.6. The van der Waals surface area contributed by atoms with E-state index >= 15 is 0 Å². The van der Waals surface area contributed by atoms with Gasteiger partial charge in [-0.15, -0.1) is 0 Å². The lowest BCUT2D eigenvalue weighted by atomic mass is 9.93. The van der Waals surface area contributed by atoms with E-state index in [2.05, 4.69) is 245 Å². The highest BCUT2D eigenvalue weighted by Crippen LogP contribution is 2.47. The summed E-state index contributed by atoms with van der Waals surface area (Å²) < 4.78 is 0. The molecule has 0 N–H and O–H groups in total. The van der Waals surface area contributed by atoms with Crippen molar-refractivity contribution < 1.29 is 0 Å². The largest absolute Gasteiger partial charge is 0.309 e. The molecule has 0 saturated heterocycles. The van der Waals surface area contributed by atoms with Crippen molar-refractivity contribution in [3.05, 3.63) is 246 Å². The van der Waals surface area contributed by atoms with Crippen molar-refractivity contribution in [2.24, 2.45) is 0 Å². The molecule has 0 radical (unpaired) electrons. The van der Waals surface area contributed by atoms with E-state index in [-0.39, 0.29) is 0 Å². The van der Waals surface area contributed by atoms with Gasteiger partial charge < -0.3 is 4.90 Å². The summed E-state index contributed by atoms with van der Waals surface area (Å²) in [6.45, 7) is 13.3. The summed E-state index contributed by atoms with van der Waals surface area (Å²) in [4.78, 5) is 21.1. The molecule has 70 heavy (non-hydrogen) atoms. The number of aryl methyl sites for hydroxylation is 6. The van der Waals surface area contributed by atoms with Crippen LogP contribution >= 0.6 is 0 Å². The van der Waals surface area contributed by atoms with Crippen molar-refractivity contribution in [3.8, 4) is 45.0 Å². The number of hydrogen-bond acceptors (Lipinski definition) is 5. The van der Waals surface area contributed by atoms with Crippen molar-refractivity contribution in [1.29, 1.82) is 0 Å². The molecule has 338 valence electrons. The molecule has 10 aromatic carbocycles. The summed E-state index contributed by atoms with van der Waals surface area (Å²) in [7, 11) is 0.